The van der Waals surface area contributed by atoms with Crippen LogP contribution in [0.2, 0.25) is 0 Å². The molecule has 1 heterocycles. The van der Waals surface area contributed by atoms with Crippen molar-refractivity contribution in [1.29, 1.82) is 0 Å². The van der Waals surface area contributed by atoms with Crippen LogP contribution < -0.4 is 11.1 Å². The summed E-state index contributed by atoms with van der Waals surface area (Å²) in [6.07, 6.45) is 6.66. The van der Waals surface area contributed by atoms with Crippen molar-refractivity contribution >= 4 is 0 Å². The van der Waals surface area contributed by atoms with Crippen LogP contribution in [0.25, 0.3) is 0 Å². The summed E-state index contributed by atoms with van der Waals surface area (Å²) < 4.78 is 0. The van der Waals surface area contributed by atoms with Crippen molar-refractivity contribution in [1.82, 2.24) is 10.2 Å². The van der Waals surface area contributed by atoms with Crippen molar-refractivity contribution < 1.29 is 0 Å². The van der Waals surface area contributed by atoms with Crippen LogP contribution in [0.3, 0.4) is 0 Å². The Morgan fingerprint density at radius 3 is 1.94 bits per heavy atom. The van der Waals surface area contributed by atoms with Crippen LogP contribution in [0, 0.1) is 0 Å². The number of hydrogen-bond acceptors (Lipinski definition) is 3. The van der Waals surface area contributed by atoms with Crippen molar-refractivity contribution in [3.8, 4) is 0 Å². The van der Waals surface area contributed by atoms with E-state index in [1.165, 1.54) is 45.2 Å². The van der Waals surface area contributed by atoms with Gasteiger partial charge in [0, 0.05) is 38.3 Å². The normalized spacial score (nSPS) is 24.0. The van der Waals surface area contributed by atoms with Gasteiger partial charge in [0.15, 0.2) is 0 Å². The third-order valence-electron chi connectivity index (χ3n) is 3.53. The quantitative estimate of drug-likeness (QED) is 0.714. The van der Waals surface area contributed by atoms with Gasteiger partial charge < -0.3 is 11.1 Å². The first-order valence-corrected chi connectivity index (χ1v) is 6.90. The molecule has 2 fully saturated rings. The minimum Gasteiger partial charge on any atom is -0.328 e. The Kier molecular flexibility index (Phi) is 7.01. The van der Waals surface area contributed by atoms with Crippen LogP contribution in [0.15, 0.2) is 0 Å². The summed E-state index contributed by atoms with van der Waals surface area (Å²) in [5, 5.41) is 3.33. The van der Waals surface area contributed by atoms with E-state index in [4.69, 9.17) is 5.73 Å². The highest BCUT2D eigenvalue weighted by molar-refractivity contribution is 4.70. The van der Waals surface area contributed by atoms with Crippen molar-refractivity contribution in [2.45, 2.75) is 58.0 Å². The van der Waals surface area contributed by atoms with Gasteiger partial charge in [-0.2, -0.15) is 0 Å². The van der Waals surface area contributed by atoms with E-state index in [9.17, 15) is 0 Å². The van der Waals surface area contributed by atoms with E-state index < -0.39 is 0 Å². The average molecular weight is 227 g/mol. The Morgan fingerprint density at radius 2 is 1.62 bits per heavy atom. The summed E-state index contributed by atoms with van der Waals surface area (Å²) in [5.74, 6) is 0. The lowest BCUT2D eigenvalue weighted by molar-refractivity contribution is 0.196. The monoisotopic (exact) mass is 227 g/mol. The van der Waals surface area contributed by atoms with Crippen LogP contribution in [0.4, 0.5) is 0 Å². The fourth-order valence-electron chi connectivity index (χ4n) is 2.33. The zero-order valence-corrected chi connectivity index (χ0v) is 11.0. The second-order valence-electron chi connectivity index (χ2n) is 5.28. The van der Waals surface area contributed by atoms with E-state index in [0.717, 1.165) is 19.1 Å². The Balaban J connectivity index is 0.000000165. The topological polar surface area (TPSA) is 41.3 Å². The number of hydrogen-bond donors (Lipinski definition) is 2. The van der Waals surface area contributed by atoms with E-state index in [1.54, 1.807) is 0 Å². The van der Waals surface area contributed by atoms with E-state index in [-0.39, 0.29) is 0 Å². The van der Waals surface area contributed by atoms with Gasteiger partial charge in [0.25, 0.3) is 0 Å². The molecular formula is C13H29N3. The van der Waals surface area contributed by atoms with Gasteiger partial charge in [-0.3, -0.25) is 4.90 Å². The molecule has 3 nitrogen and oxygen atoms in total. The second kappa shape index (κ2) is 8.04. The summed E-state index contributed by atoms with van der Waals surface area (Å²) in [6, 6.07) is 1.26. The smallest absolute Gasteiger partial charge is 0.0110 e. The molecule has 3 N–H and O–H groups in total. The average Bonchev–Trinajstić information content (AvgIpc) is 2.32. The molecule has 1 aliphatic heterocycles. The summed E-state index contributed by atoms with van der Waals surface area (Å²) in [4.78, 5) is 2.50. The fraction of sp³-hybridized carbons (Fsp3) is 1.00. The maximum atomic E-state index is 5.63. The molecule has 2 aliphatic rings. The van der Waals surface area contributed by atoms with Gasteiger partial charge in [0.05, 0.1) is 0 Å². The molecule has 0 radical (unpaired) electrons. The van der Waals surface area contributed by atoms with Crippen molar-refractivity contribution in [3.05, 3.63) is 0 Å². The highest BCUT2D eigenvalue weighted by Crippen LogP contribution is 2.14. The van der Waals surface area contributed by atoms with Gasteiger partial charge >= 0.3 is 0 Å². The maximum absolute atomic E-state index is 5.63. The molecule has 0 bridgehead atoms. The molecule has 96 valence electrons. The first-order valence-electron chi connectivity index (χ1n) is 6.90. The van der Waals surface area contributed by atoms with Gasteiger partial charge in [0.2, 0.25) is 0 Å². The van der Waals surface area contributed by atoms with Crippen LogP contribution in [-0.4, -0.2) is 43.2 Å². The molecule has 0 aromatic heterocycles. The third kappa shape index (κ3) is 5.83. The summed E-state index contributed by atoms with van der Waals surface area (Å²) in [7, 11) is 0. The van der Waals surface area contributed by atoms with Crippen LogP contribution in [0.5, 0.6) is 0 Å². The predicted molar refractivity (Wildman–Crippen MR) is 70.6 cm³/mol. The Hall–Kier alpha value is -0.120. The third-order valence-corrected chi connectivity index (χ3v) is 3.53. The molecule has 1 saturated carbocycles. The van der Waals surface area contributed by atoms with E-state index >= 15 is 0 Å². The van der Waals surface area contributed by atoms with Crippen molar-refractivity contribution in [3.63, 3.8) is 0 Å². The molecule has 0 aromatic rings. The zero-order valence-electron chi connectivity index (χ0n) is 11.0. The molecule has 0 spiro atoms. The zero-order chi connectivity index (χ0) is 11.8. The van der Waals surface area contributed by atoms with Crippen LogP contribution >= 0.6 is 0 Å². The summed E-state index contributed by atoms with van der Waals surface area (Å²) in [6.45, 7) is 9.28. The highest BCUT2D eigenvalue weighted by atomic mass is 15.2. The Morgan fingerprint density at radius 1 is 1.06 bits per heavy atom. The number of rotatable bonds is 1. The minimum atomic E-state index is 0.536. The lowest BCUT2D eigenvalue weighted by Crippen LogP contribution is -2.46. The largest absolute Gasteiger partial charge is 0.328 e. The molecule has 1 aliphatic carbocycles. The summed E-state index contributed by atoms with van der Waals surface area (Å²) in [5.41, 5.74) is 5.63. The van der Waals surface area contributed by atoms with Crippen LogP contribution in [-0.2, 0) is 0 Å². The molecule has 2 rings (SSSR count). The minimum absolute atomic E-state index is 0.536. The Bertz CT molecular complexity index is 159. The maximum Gasteiger partial charge on any atom is 0.0110 e. The molecule has 1 saturated heterocycles. The standard InChI is InChI=1S/C7H16N2.C6H13N/c1-7(2)9-5-3-8-4-6-9;7-6-4-2-1-3-5-6/h7-8H,3-6H2,1-2H3;6H,1-5,7H2. The van der Waals surface area contributed by atoms with Crippen molar-refractivity contribution in [2.24, 2.45) is 5.73 Å². The van der Waals surface area contributed by atoms with Gasteiger partial charge in [-0.25, -0.2) is 0 Å². The molecule has 0 amide bonds. The number of piperazine rings is 1. The lowest BCUT2D eigenvalue weighted by atomic mass is 9.97. The molecule has 0 aromatic carbocycles. The molecule has 0 atom stereocenters. The van der Waals surface area contributed by atoms with Crippen molar-refractivity contribution in [2.75, 3.05) is 26.2 Å². The van der Waals surface area contributed by atoms with E-state index in [2.05, 4.69) is 24.1 Å². The molecule has 16 heavy (non-hydrogen) atoms. The molecule has 0 unspecified atom stereocenters. The van der Waals surface area contributed by atoms with E-state index in [0.29, 0.717) is 6.04 Å². The van der Waals surface area contributed by atoms with Gasteiger partial charge in [-0.05, 0) is 26.7 Å². The number of nitrogens with two attached hydrogens (primary N) is 1. The number of nitrogens with zero attached hydrogens (tertiary/aromatic N) is 1. The lowest BCUT2D eigenvalue weighted by Gasteiger charge is -2.30. The first-order chi connectivity index (χ1) is 7.70. The van der Waals surface area contributed by atoms with Gasteiger partial charge in [0.1, 0.15) is 0 Å². The second-order valence-corrected chi connectivity index (χ2v) is 5.28. The summed E-state index contributed by atoms with van der Waals surface area (Å²) >= 11 is 0. The van der Waals surface area contributed by atoms with E-state index in [1.807, 2.05) is 0 Å². The molecule has 3 heteroatoms. The highest BCUT2D eigenvalue weighted by Gasteiger charge is 2.11. The fourth-order valence-corrected chi connectivity index (χ4v) is 2.33. The SMILES string of the molecule is CC(C)N1CCNCC1.NC1CCCCC1. The first kappa shape index (κ1) is 13.9. The van der Waals surface area contributed by atoms with Crippen LogP contribution in [0.1, 0.15) is 46.0 Å². The van der Waals surface area contributed by atoms with Gasteiger partial charge in [-0.1, -0.05) is 19.3 Å². The number of nitrogens with one attached hydrogen (secondary N) is 1. The Labute approximate surface area is 101 Å². The predicted octanol–water partition coefficient (Wildman–Crippen LogP) is 1.58. The van der Waals surface area contributed by atoms with Gasteiger partial charge in [-0.15, -0.1) is 0 Å². The molecular weight excluding hydrogens is 198 g/mol.